The molecule has 0 unspecified atom stereocenters. The van der Waals surface area contributed by atoms with Crippen LogP contribution in [-0.2, 0) is 25.5 Å². The van der Waals surface area contributed by atoms with Crippen molar-refractivity contribution >= 4 is 63.1 Å². The van der Waals surface area contributed by atoms with E-state index in [1.54, 1.807) is 28.5 Å². The molecule has 176 valence electrons. The smallest absolute Gasteiger partial charge is 0.311 e. The maximum absolute atomic E-state index is 12.5. The van der Waals surface area contributed by atoms with Gasteiger partial charge in [-0.05, 0) is 36.2 Å². The molecule has 10 heteroatoms. The Balaban J connectivity index is 1.28. The van der Waals surface area contributed by atoms with Gasteiger partial charge in [-0.15, -0.1) is 11.3 Å². The van der Waals surface area contributed by atoms with Crippen LogP contribution in [0.25, 0.3) is 11.3 Å². The summed E-state index contributed by atoms with van der Waals surface area (Å²) < 4.78 is 5.16. The lowest BCUT2D eigenvalue weighted by molar-refractivity contribution is -0.151. The van der Waals surface area contributed by atoms with Gasteiger partial charge in [0.25, 0.3) is 5.91 Å². The third-order valence-electron chi connectivity index (χ3n) is 5.43. The van der Waals surface area contributed by atoms with Gasteiger partial charge in [0.2, 0.25) is 5.91 Å². The number of aryl methyl sites for hydroxylation is 1. The number of aromatic nitrogens is 1. The Morgan fingerprint density at radius 1 is 1.18 bits per heavy atom. The summed E-state index contributed by atoms with van der Waals surface area (Å²) in [6.07, 6.45) is 0.957. The van der Waals surface area contributed by atoms with Crippen LogP contribution in [-0.4, -0.2) is 35.9 Å². The minimum Gasteiger partial charge on any atom is -0.455 e. The van der Waals surface area contributed by atoms with Gasteiger partial charge in [-0.2, -0.15) is 0 Å². The Morgan fingerprint density at radius 2 is 1.94 bits per heavy atom. The van der Waals surface area contributed by atoms with Crippen LogP contribution >= 0.6 is 34.5 Å². The summed E-state index contributed by atoms with van der Waals surface area (Å²) in [5.74, 6) is -1.85. The molecular formula is C24H21Cl2N3O4S. The highest BCUT2D eigenvalue weighted by molar-refractivity contribution is 7.14. The van der Waals surface area contributed by atoms with Crippen molar-refractivity contribution < 1.29 is 19.1 Å². The SMILES string of the molecule is CCc1ccc(N2C[C@H](C(=O)OCC(=O)Nc3nc(-c4ccc(Cl)c(Cl)c4)cs3)CC2=O)cc1. The van der Waals surface area contributed by atoms with Crippen molar-refractivity contribution in [3.8, 4) is 11.3 Å². The van der Waals surface area contributed by atoms with Crippen LogP contribution in [0.2, 0.25) is 10.0 Å². The van der Waals surface area contributed by atoms with Crippen molar-refractivity contribution in [1.82, 2.24) is 4.98 Å². The lowest BCUT2D eigenvalue weighted by Crippen LogP contribution is -2.28. The fraction of sp³-hybridized carbons (Fsp3) is 0.250. The van der Waals surface area contributed by atoms with Crippen LogP contribution in [0.5, 0.6) is 0 Å². The Labute approximate surface area is 210 Å². The number of thiazole rings is 1. The zero-order valence-electron chi connectivity index (χ0n) is 18.2. The van der Waals surface area contributed by atoms with Gasteiger partial charge in [0.05, 0.1) is 21.7 Å². The minimum atomic E-state index is -0.618. The molecule has 2 heterocycles. The van der Waals surface area contributed by atoms with Crippen LogP contribution in [0, 0.1) is 5.92 Å². The number of carbonyl (C=O) groups is 3. The van der Waals surface area contributed by atoms with E-state index in [-0.39, 0.29) is 18.9 Å². The van der Waals surface area contributed by atoms with E-state index in [1.807, 2.05) is 24.3 Å². The second-order valence-electron chi connectivity index (χ2n) is 7.75. The molecule has 2 amide bonds. The van der Waals surface area contributed by atoms with Crippen molar-refractivity contribution in [2.45, 2.75) is 19.8 Å². The number of rotatable bonds is 7. The number of nitrogens with zero attached hydrogens (tertiary/aromatic N) is 2. The highest BCUT2D eigenvalue weighted by atomic mass is 35.5. The molecule has 3 aromatic rings. The molecule has 4 rings (SSSR count). The number of esters is 1. The van der Waals surface area contributed by atoms with E-state index < -0.39 is 24.4 Å². The molecule has 34 heavy (non-hydrogen) atoms. The number of anilines is 2. The molecule has 1 aliphatic rings. The minimum absolute atomic E-state index is 0.0511. The second kappa shape index (κ2) is 10.5. The van der Waals surface area contributed by atoms with E-state index in [1.165, 1.54) is 16.9 Å². The van der Waals surface area contributed by atoms with Crippen LogP contribution in [0.15, 0.2) is 47.8 Å². The first-order valence-electron chi connectivity index (χ1n) is 10.6. The van der Waals surface area contributed by atoms with E-state index in [2.05, 4.69) is 17.2 Å². The summed E-state index contributed by atoms with van der Waals surface area (Å²) in [6.45, 7) is 1.82. The number of hydrogen-bond acceptors (Lipinski definition) is 6. The third-order valence-corrected chi connectivity index (χ3v) is 6.92. The standard InChI is InChI=1S/C24H21Cl2N3O4S/c1-2-14-3-6-17(7-4-14)29-11-16(10-22(29)31)23(32)33-12-21(30)28-24-27-20(13-34-24)15-5-8-18(25)19(26)9-15/h3-9,13,16H,2,10-12H2,1H3,(H,27,28,30)/t16-/m1/s1. The number of amides is 2. The molecule has 1 N–H and O–H groups in total. The lowest BCUT2D eigenvalue weighted by atomic mass is 10.1. The highest BCUT2D eigenvalue weighted by Crippen LogP contribution is 2.30. The molecule has 1 aromatic heterocycles. The van der Waals surface area contributed by atoms with Gasteiger partial charge in [-0.3, -0.25) is 19.7 Å². The summed E-state index contributed by atoms with van der Waals surface area (Å²) in [6, 6.07) is 12.8. The van der Waals surface area contributed by atoms with Crippen molar-refractivity contribution in [3.05, 3.63) is 63.5 Å². The number of benzene rings is 2. The largest absolute Gasteiger partial charge is 0.455 e. The summed E-state index contributed by atoms with van der Waals surface area (Å²) in [5, 5.41) is 5.60. The molecule has 1 saturated heterocycles. The predicted octanol–water partition coefficient (Wildman–Crippen LogP) is 5.21. The molecule has 0 saturated carbocycles. The van der Waals surface area contributed by atoms with Crippen molar-refractivity contribution in [3.63, 3.8) is 0 Å². The molecule has 0 spiro atoms. The number of carbonyl (C=O) groups excluding carboxylic acids is 3. The quantitative estimate of drug-likeness (QED) is 0.434. The Morgan fingerprint density at radius 3 is 2.65 bits per heavy atom. The van der Waals surface area contributed by atoms with E-state index in [4.69, 9.17) is 27.9 Å². The Hall–Kier alpha value is -2.94. The van der Waals surface area contributed by atoms with E-state index in [0.29, 0.717) is 20.9 Å². The maximum atomic E-state index is 12.5. The first kappa shape index (κ1) is 24.2. The lowest BCUT2D eigenvalue weighted by Gasteiger charge is -2.17. The van der Waals surface area contributed by atoms with E-state index in [0.717, 1.165) is 17.7 Å². The molecule has 0 radical (unpaired) electrons. The fourth-order valence-corrected chi connectivity index (χ4v) is 4.59. The average molecular weight is 518 g/mol. The zero-order chi connectivity index (χ0) is 24.2. The van der Waals surface area contributed by atoms with Crippen LogP contribution in [0.3, 0.4) is 0 Å². The van der Waals surface area contributed by atoms with Crippen LogP contribution < -0.4 is 10.2 Å². The molecule has 0 bridgehead atoms. The number of nitrogens with one attached hydrogen (secondary N) is 1. The molecule has 1 atom stereocenters. The summed E-state index contributed by atoms with van der Waals surface area (Å²) >= 11 is 13.2. The number of ether oxygens (including phenoxy) is 1. The van der Waals surface area contributed by atoms with Gasteiger partial charge in [-0.25, -0.2) is 4.98 Å². The second-order valence-corrected chi connectivity index (χ2v) is 9.42. The Bertz CT molecular complexity index is 1230. The van der Waals surface area contributed by atoms with Crippen molar-refractivity contribution in [2.75, 3.05) is 23.4 Å². The molecule has 1 aliphatic heterocycles. The summed E-state index contributed by atoms with van der Waals surface area (Å²) in [7, 11) is 0. The first-order valence-corrected chi connectivity index (χ1v) is 12.2. The van der Waals surface area contributed by atoms with E-state index in [9.17, 15) is 14.4 Å². The van der Waals surface area contributed by atoms with E-state index >= 15 is 0 Å². The predicted molar refractivity (Wildman–Crippen MR) is 133 cm³/mol. The molecule has 2 aromatic carbocycles. The average Bonchev–Trinajstić information content (AvgIpc) is 3.46. The molecule has 7 nitrogen and oxygen atoms in total. The monoisotopic (exact) mass is 517 g/mol. The molecule has 0 aliphatic carbocycles. The van der Waals surface area contributed by atoms with Crippen molar-refractivity contribution in [2.24, 2.45) is 5.92 Å². The molecule has 1 fully saturated rings. The zero-order valence-corrected chi connectivity index (χ0v) is 20.5. The van der Waals surface area contributed by atoms with Crippen LogP contribution in [0.4, 0.5) is 10.8 Å². The van der Waals surface area contributed by atoms with Crippen LogP contribution in [0.1, 0.15) is 18.9 Å². The number of halogens is 2. The van der Waals surface area contributed by atoms with Gasteiger partial charge in [0.1, 0.15) is 0 Å². The Kier molecular flexibility index (Phi) is 7.50. The summed E-state index contributed by atoms with van der Waals surface area (Å²) in [4.78, 5) is 43.0. The first-order chi connectivity index (χ1) is 16.3. The normalized spacial score (nSPS) is 15.4. The third kappa shape index (κ3) is 5.58. The van der Waals surface area contributed by atoms with Gasteiger partial charge in [0.15, 0.2) is 11.7 Å². The topological polar surface area (TPSA) is 88.6 Å². The van der Waals surface area contributed by atoms with Gasteiger partial charge >= 0.3 is 5.97 Å². The van der Waals surface area contributed by atoms with Gasteiger partial charge < -0.3 is 9.64 Å². The van der Waals surface area contributed by atoms with Gasteiger partial charge in [0, 0.05) is 29.6 Å². The fourth-order valence-electron chi connectivity index (χ4n) is 3.56. The van der Waals surface area contributed by atoms with Gasteiger partial charge in [-0.1, -0.05) is 48.3 Å². The number of hydrogen-bond donors (Lipinski definition) is 1. The maximum Gasteiger partial charge on any atom is 0.311 e. The summed E-state index contributed by atoms with van der Waals surface area (Å²) in [5.41, 5.74) is 3.31. The highest BCUT2D eigenvalue weighted by Gasteiger charge is 2.36. The molecular weight excluding hydrogens is 497 g/mol. The van der Waals surface area contributed by atoms with Crippen molar-refractivity contribution in [1.29, 1.82) is 0 Å².